The monoisotopic (exact) mass is 521 g/mol. The van der Waals surface area contributed by atoms with Gasteiger partial charge in [0.05, 0.1) is 7.11 Å². The molecule has 0 aromatic heterocycles. The van der Waals surface area contributed by atoms with Crippen LogP contribution in [0.1, 0.15) is 5.56 Å². The highest BCUT2D eigenvalue weighted by Gasteiger charge is 2.46. The highest BCUT2D eigenvalue weighted by atomic mass is 35.5. The molecule has 0 fully saturated rings. The molecule has 0 saturated carbocycles. The molecule has 0 atom stereocenters. The second-order valence-corrected chi connectivity index (χ2v) is 9.68. The molecule has 0 saturated heterocycles. The molecule has 0 radical (unpaired) electrons. The van der Waals surface area contributed by atoms with Gasteiger partial charge in [0.1, 0.15) is 18.1 Å². The van der Waals surface area contributed by atoms with E-state index in [4.69, 9.17) is 21.1 Å². The Morgan fingerprint density at radius 1 is 0.886 bits per heavy atom. The maximum absolute atomic E-state index is 12.7. The van der Waals surface area contributed by atoms with Crippen LogP contribution < -0.4 is 14.2 Å². The van der Waals surface area contributed by atoms with Gasteiger partial charge < -0.3 is 9.47 Å². The predicted octanol–water partition coefficient (Wildman–Crippen LogP) is 7.01. The fraction of sp³-hybridized carbons (Fsp3) is 0.120. The molecule has 4 rings (SSSR count). The number of anilines is 1. The zero-order valence-electron chi connectivity index (χ0n) is 18.3. The Labute approximate surface area is 205 Å². The molecule has 0 aliphatic heterocycles. The summed E-state index contributed by atoms with van der Waals surface area (Å²) in [6.07, 6.45) is 0. The first-order chi connectivity index (χ1) is 16.6. The van der Waals surface area contributed by atoms with Crippen LogP contribution in [0.4, 0.5) is 18.9 Å². The Morgan fingerprint density at radius 2 is 1.60 bits per heavy atom. The van der Waals surface area contributed by atoms with Crippen molar-refractivity contribution < 1.29 is 31.1 Å². The molecule has 0 unspecified atom stereocenters. The van der Waals surface area contributed by atoms with E-state index in [1.807, 2.05) is 30.3 Å². The normalized spacial score (nSPS) is 11.9. The summed E-state index contributed by atoms with van der Waals surface area (Å²) < 4.78 is 73.9. The van der Waals surface area contributed by atoms with Crippen LogP contribution in [-0.2, 0) is 16.6 Å². The highest BCUT2D eigenvalue weighted by Crippen LogP contribution is 2.33. The molecular weight excluding hydrogens is 503 g/mol. The molecule has 5 nitrogen and oxygen atoms in total. The van der Waals surface area contributed by atoms with Gasteiger partial charge in [-0.05, 0) is 65.0 Å². The number of alkyl halides is 3. The van der Waals surface area contributed by atoms with E-state index >= 15 is 0 Å². The van der Waals surface area contributed by atoms with Gasteiger partial charge in [0.2, 0.25) is 0 Å². The third-order valence-corrected chi connectivity index (χ3v) is 6.60. The summed E-state index contributed by atoms with van der Waals surface area (Å²) in [5.41, 5.74) is -2.92. The number of hydrogen-bond donors (Lipinski definition) is 1. The molecule has 0 aliphatic carbocycles. The number of halogens is 4. The molecule has 4 aromatic rings. The third kappa shape index (κ3) is 5.47. The van der Waals surface area contributed by atoms with Crippen molar-refractivity contribution in [2.45, 2.75) is 12.1 Å². The van der Waals surface area contributed by atoms with E-state index in [0.29, 0.717) is 27.3 Å². The predicted molar refractivity (Wildman–Crippen MR) is 130 cm³/mol. The van der Waals surface area contributed by atoms with Gasteiger partial charge in [0.25, 0.3) is 0 Å². The van der Waals surface area contributed by atoms with Crippen molar-refractivity contribution in [3.8, 4) is 22.6 Å². The van der Waals surface area contributed by atoms with E-state index < -0.39 is 15.5 Å². The van der Waals surface area contributed by atoms with E-state index in [1.54, 1.807) is 42.2 Å². The minimum Gasteiger partial charge on any atom is -0.496 e. The van der Waals surface area contributed by atoms with Crippen LogP contribution in [0.5, 0.6) is 11.5 Å². The van der Waals surface area contributed by atoms with Crippen LogP contribution in [-0.4, -0.2) is 21.0 Å². The molecule has 0 spiro atoms. The molecule has 182 valence electrons. The number of methoxy groups -OCH3 is 1. The third-order valence-electron chi connectivity index (χ3n) is 5.24. The Balaban J connectivity index is 1.59. The van der Waals surface area contributed by atoms with Crippen molar-refractivity contribution in [1.82, 2.24) is 0 Å². The summed E-state index contributed by atoms with van der Waals surface area (Å²) in [5, 5.41) is 1.75. The lowest BCUT2D eigenvalue weighted by molar-refractivity contribution is -0.0429. The van der Waals surface area contributed by atoms with Gasteiger partial charge in [-0.2, -0.15) is 21.6 Å². The number of ether oxygens (including phenoxy) is 2. The number of nitrogens with one attached hydrogen (secondary N) is 1. The van der Waals surface area contributed by atoms with Crippen LogP contribution >= 0.6 is 11.6 Å². The maximum atomic E-state index is 12.7. The zero-order chi connectivity index (χ0) is 25.2. The number of hydrogen-bond acceptors (Lipinski definition) is 4. The van der Waals surface area contributed by atoms with Gasteiger partial charge in [0, 0.05) is 21.7 Å². The standard InChI is InChI=1S/C25H19ClF3NO4S/c1-33-23-12-7-17(16-5-8-20(26)9-6-16)13-19(23)15-34-24-4-2-3-18-14-21(10-11-22(18)24)30-35(31,32)25(27,28)29/h2-14,30H,15H2,1H3. The molecule has 1 N–H and O–H groups in total. The zero-order valence-corrected chi connectivity index (χ0v) is 19.8. The molecule has 0 bridgehead atoms. The van der Waals surface area contributed by atoms with Crippen LogP contribution in [0, 0.1) is 0 Å². The van der Waals surface area contributed by atoms with E-state index in [9.17, 15) is 21.6 Å². The topological polar surface area (TPSA) is 64.6 Å². The lowest BCUT2D eigenvalue weighted by Gasteiger charge is -2.15. The summed E-state index contributed by atoms with van der Waals surface area (Å²) in [4.78, 5) is 0. The van der Waals surface area contributed by atoms with Crippen molar-refractivity contribution >= 4 is 38.1 Å². The number of benzene rings is 4. The van der Waals surface area contributed by atoms with Crippen LogP contribution in [0.25, 0.3) is 21.9 Å². The lowest BCUT2D eigenvalue weighted by atomic mass is 10.0. The van der Waals surface area contributed by atoms with Crippen molar-refractivity contribution in [3.05, 3.63) is 89.4 Å². The number of sulfonamides is 1. The second kappa shape index (κ2) is 9.67. The van der Waals surface area contributed by atoms with Crippen molar-refractivity contribution in [2.75, 3.05) is 11.8 Å². The van der Waals surface area contributed by atoms with Gasteiger partial charge >= 0.3 is 15.5 Å². The number of fused-ring (bicyclic) bond motifs is 1. The summed E-state index contributed by atoms with van der Waals surface area (Å²) in [6, 6.07) is 22.2. The molecule has 4 aromatic carbocycles. The van der Waals surface area contributed by atoms with Gasteiger partial charge in [-0.15, -0.1) is 0 Å². The second-order valence-electron chi connectivity index (χ2n) is 7.57. The fourth-order valence-electron chi connectivity index (χ4n) is 3.53. The first kappa shape index (κ1) is 24.7. The van der Waals surface area contributed by atoms with Crippen molar-refractivity contribution in [2.24, 2.45) is 0 Å². The minimum absolute atomic E-state index is 0.159. The van der Waals surface area contributed by atoms with Gasteiger partial charge in [-0.25, -0.2) is 0 Å². The summed E-state index contributed by atoms with van der Waals surface area (Å²) in [7, 11) is -3.96. The summed E-state index contributed by atoms with van der Waals surface area (Å²) in [6.45, 7) is 0.159. The van der Waals surface area contributed by atoms with Gasteiger partial charge in [-0.3, -0.25) is 4.72 Å². The van der Waals surface area contributed by atoms with Crippen molar-refractivity contribution in [1.29, 1.82) is 0 Å². The average molecular weight is 522 g/mol. The van der Waals surface area contributed by atoms with Crippen LogP contribution in [0.15, 0.2) is 78.9 Å². The van der Waals surface area contributed by atoms with Crippen molar-refractivity contribution in [3.63, 3.8) is 0 Å². The van der Waals surface area contributed by atoms with E-state index in [2.05, 4.69) is 0 Å². The SMILES string of the molecule is COc1ccc(-c2ccc(Cl)cc2)cc1COc1cccc2cc(NS(=O)(=O)C(F)(F)F)ccc12. The molecule has 35 heavy (non-hydrogen) atoms. The lowest BCUT2D eigenvalue weighted by Crippen LogP contribution is -2.29. The van der Waals surface area contributed by atoms with Gasteiger partial charge in [0.15, 0.2) is 0 Å². The Hall–Kier alpha value is -3.43. The Kier molecular flexibility index (Phi) is 6.82. The van der Waals surface area contributed by atoms with Crippen LogP contribution in [0.2, 0.25) is 5.02 Å². The molecule has 0 heterocycles. The maximum Gasteiger partial charge on any atom is 0.516 e. The molecule has 10 heteroatoms. The van der Waals surface area contributed by atoms with E-state index in [0.717, 1.165) is 16.7 Å². The smallest absolute Gasteiger partial charge is 0.496 e. The average Bonchev–Trinajstić information content (AvgIpc) is 2.82. The van der Waals surface area contributed by atoms with E-state index in [-0.39, 0.29) is 12.3 Å². The molecule has 0 amide bonds. The summed E-state index contributed by atoms with van der Waals surface area (Å²) >= 11 is 5.98. The Morgan fingerprint density at radius 3 is 2.29 bits per heavy atom. The van der Waals surface area contributed by atoms with E-state index in [1.165, 1.54) is 18.2 Å². The fourth-order valence-corrected chi connectivity index (χ4v) is 4.20. The van der Waals surface area contributed by atoms with Crippen LogP contribution in [0.3, 0.4) is 0 Å². The molecule has 0 aliphatic rings. The largest absolute Gasteiger partial charge is 0.516 e. The minimum atomic E-state index is -5.52. The first-order valence-electron chi connectivity index (χ1n) is 10.2. The Bertz CT molecular complexity index is 1470. The quantitative estimate of drug-likeness (QED) is 0.284. The molecular formula is C25H19ClF3NO4S. The first-order valence-corrected chi connectivity index (χ1v) is 12.1. The van der Waals surface area contributed by atoms with Gasteiger partial charge in [-0.1, -0.05) is 41.9 Å². The summed E-state index contributed by atoms with van der Waals surface area (Å²) in [5.74, 6) is 1.11. The highest BCUT2D eigenvalue weighted by molar-refractivity contribution is 7.93. The number of rotatable bonds is 7.